The van der Waals surface area contributed by atoms with E-state index in [-0.39, 0.29) is 38.6 Å². The molecule has 0 spiro atoms. The van der Waals surface area contributed by atoms with Crippen molar-refractivity contribution in [3.05, 3.63) is 0 Å². The summed E-state index contributed by atoms with van der Waals surface area (Å²) in [4.78, 5) is 62.4. The van der Waals surface area contributed by atoms with Gasteiger partial charge in [-0.05, 0) is 61.3 Å². The van der Waals surface area contributed by atoms with Gasteiger partial charge in [0, 0.05) is 26.4 Å². The first-order valence-electron chi connectivity index (χ1n) is 16.7. The minimum absolute atomic E-state index is 0.0181. The van der Waals surface area contributed by atoms with Crippen LogP contribution in [0.5, 0.6) is 0 Å². The van der Waals surface area contributed by atoms with Crippen molar-refractivity contribution in [1.29, 1.82) is 0 Å². The van der Waals surface area contributed by atoms with Gasteiger partial charge in [-0.1, -0.05) is 0 Å². The van der Waals surface area contributed by atoms with Crippen LogP contribution in [0.4, 0.5) is 4.79 Å². The number of amides is 5. The normalized spacial score (nSPS) is 21.8. The molecule has 1 aliphatic heterocycles. The SMILES string of the molecule is CC(=O)NC1C(NC(=O)C[C@H](NC(=O)OC(C)(C)C)C(=O)NCCOC(C)(C)CCOC(C)(C)CCC(=O)NCCO)OC(CO)C(O)C1O. The van der Waals surface area contributed by atoms with E-state index in [1.807, 2.05) is 27.7 Å². The predicted molar refractivity (Wildman–Crippen MR) is 178 cm³/mol. The van der Waals surface area contributed by atoms with Gasteiger partial charge in [-0.15, -0.1) is 0 Å². The topological polar surface area (TPSA) is 263 Å². The average molecular weight is 722 g/mol. The second kappa shape index (κ2) is 20.7. The Balaban J connectivity index is 2.78. The Morgan fingerprint density at radius 1 is 0.800 bits per heavy atom. The van der Waals surface area contributed by atoms with E-state index >= 15 is 0 Å². The van der Waals surface area contributed by atoms with Crippen LogP contribution in [0.3, 0.4) is 0 Å². The molecular formula is C32H59N5O13. The molecule has 1 heterocycles. The number of nitrogens with one attached hydrogen (secondary N) is 5. The van der Waals surface area contributed by atoms with Gasteiger partial charge < -0.3 is 66.0 Å². The van der Waals surface area contributed by atoms with E-state index in [4.69, 9.17) is 24.1 Å². The van der Waals surface area contributed by atoms with E-state index < -0.39 is 90.3 Å². The van der Waals surface area contributed by atoms with Crippen molar-refractivity contribution >= 4 is 29.7 Å². The zero-order valence-corrected chi connectivity index (χ0v) is 30.5. The molecule has 1 aliphatic rings. The van der Waals surface area contributed by atoms with E-state index in [1.54, 1.807) is 20.8 Å². The number of aliphatic hydroxyl groups excluding tert-OH is 4. The van der Waals surface area contributed by atoms with Crippen LogP contribution < -0.4 is 26.6 Å². The molecule has 5 amide bonds. The average Bonchev–Trinajstić information content (AvgIpc) is 2.99. The fourth-order valence-corrected chi connectivity index (χ4v) is 4.74. The number of alkyl carbamates (subject to hydrolysis) is 1. The fourth-order valence-electron chi connectivity index (χ4n) is 4.74. The molecule has 6 atom stereocenters. The molecule has 0 aliphatic carbocycles. The van der Waals surface area contributed by atoms with Crippen LogP contribution in [0.25, 0.3) is 0 Å². The maximum Gasteiger partial charge on any atom is 0.408 e. The Labute approximate surface area is 293 Å². The van der Waals surface area contributed by atoms with E-state index in [1.165, 1.54) is 0 Å². The van der Waals surface area contributed by atoms with Crippen molar-refractivity contribution in [2.45, 2.75) is 134 Å². The monoisotopic (exact) mass is 721 g/mol. The Morgan fingerprint density at radius 2 is 1.42 bits per heavy atom. The molecule has 0 saturated carbocycles. The molecule has 0 aromatic heterocycles. The van der Waals surface area contributed by atoms with E-state index in [0.717, 1.165) is 6.92 Å². The second-order valence-corrected chi connectivity index (χ2v) is 14.3. The molecule has 0 aromatic rings. The van der Waals surface area contributed by atoms with E-state index in [0.29, 0.717) is 19.4 Å². The highest BCUT2D eigenvalue weighted by Gasteiger charge is 2.45. The first-order chi connectivity index (χ1) is 23.1. The van der Waals surface area contributed by atoms with Crippen LogP contribution in [0.1, 0.15) is 81.1 Å². The van der Waals surface area contributed by atoms with Gasteiger partial charge in [0.15, 0.2) is 6.23 Å². The molecule has 9 N–H and O–H groups in total. The van der Waals surface area contributed by atoms with Gasteiger partial charge in [0.05, 0.1) is 44.1 Å². The maximum atomic E-state index is 13.2. The third-order valence-electron chi connectivity index (χ3n) is 7.48. The molecular weight excluding hydrogens is 662 g/mol. The van der Waals surface area contributed by atoms with Crippen LogP contribution in [-0.2, 0) is 38.1 Å². The van der Waals surface area contributed by atoms with Crippen molar-refractivity contribution in [2.75, 3.05) is 39.5 Å². The Bertz CT molecular complexity index is 1110. The molecule has 5 unspecified atom stereocenters. The molecule has 50 heavy (non-hydrogen) atoms. The summed E-state index contributed by atoms with van der Waals surface area (Å²) in [5.41, 5.74) is -2.13. The molecule has 0 aromatic carbocycles. The number of carbonyl (C=O) groups excluding carboxylic acids is 5. The number of carbonyl (C=O) groups is 5. The van der Waals surface area contributed by atoms with Crippen LogP contribution in [-0.4, -0.2) is 143 Å². The number of rotatable bonds is 20. The van der Waals surface area contributed by atoms with Crippen molar-refractivity contribution in [2.24, 2.45) is 0 Å². The number of hydrogen-bond acceptors (Lipinski definition) is 13. The zero-order chi connectivity index (χ0) is 38.3. The van der Waals surface area contributed by atoms with Crippen molar-refractivity contribution < 1.29 is 63.3 Å². The van der Waals surface area contributed by atoms with Crippen molar-refractivity contribution in [3.8, 4) is 0 Å². The lowest BCUT2D eigenvalue weighted by Gasteiger charge is -2.42. The summed E-state index contributed by atoms with van der Waals surface area (Å²) in [5.74, 6) is -2.31. The maximum absolute atomic E-state index is 13.2. The van der Waals surface area contributed by atoms with Gasteiger partial charge in [-0.2, -0.15) is 0 Å². The van der Waals surface area contributed by atoms with E-state index in [9.17, 15) is 39.3 Å². The number of hydrogen-bond donors (Lipinski definition) is 9. The van der Waals surface area contributed by atoms with Gasteiger partial charge in [-0.25, -0.2) is 4.79 Å². The highest BCUT2D eigenvalue weighted by Crippen LogP contribution is 2.22. The molecule has 1 fully saturated rings. The minimum Gasteiger partial charge on any atom is -0.444 e. The van der Waals surface area contributed by atoms with Crippen LogP contribution in [0.2, 0.25) is 0 Å². The van der Waals surface area contributed by atoms with Gasteiger partial charge in [0.25, 0.3) is 0 Å². The van der Waals surface area contributed by atoms with Crippen molar-refractivity contribution in [3.63, 3.8) is 0 Å². The molecule has 0 radical (unpaired) electrons. The molecule has 1 rings (SSSR count). The summed E-state index contributed by atoms with van der Waals surface area (Å²) in [5, 5.41) is 51.6. The van der Waals surface area contributed by atoms with Crippen LogP contribution in [0, 0.1) is 0 Å². The lowest BCUT2D eigenvalue weighted by atomic mass is 9.95. The highest BCUT2D eigenvalue weighted by molar-refractivity contribution is 5.91. The summed E-state index contributed by atoms with van der Waals surface area (Å²) >= 11 is 0. The van der Waals surface area contributed by atoms with Gasteiger partial charge in [0.1, 0.15) is 36.0 Å². The lowest BCUT2D eigenvalue weighted by Crippen LogP contribution is -2.68. The highest BCUT2D eigenvalue weighted by atomic mass is 16.6. The predicted octanol–water partition coefficient (Wildman–Crippen LogP) is -1.68. The molecule has 18 nitrogen and oxygen atoms in total. The Kier molecular flexibility index (Phi) is 18.5. The van der Waals surface area contributed by atoms with Gasteiger partial charge in [-0.3, -0.25) is 19.2 Å². The third-order valence-corrected chi connectivity index (χ3v) is 7.48. The number of ether oxygens (including phenoxy) is 4. The van der Waals surface area contributed by atoms with Crippen LogP contribution >= 0.6 is 0 Å². The Morgan fingerprint density at radius 3 is 2.00 bits per heavy atom. The third kappa shape index (κ3) is 17.7. The lowest BCUT2D eigenvalue weighted by molar-refractivity contribution is -0.203. The first kappa shape index (κ1) is 44.9. The van der Waals surface area contributed by atoms with Crippen molar-refractivity contribution in [1.82, 2.24) is 26.6 Å². The largest absolute Gasteiger partial charge is 0.444 e. The summed E-state index contributed by atoms with van der Waals surface area (Å²) < 4.78 is 22.7. The smallest absolute Gasteiger partial charge is 0.408 e. The van der Waals surface area contributed by atoms with E-state index in [2.05, 4.69) is 26.6 Å². The van der Waals surface area contributed by atoms with Crippen LogP contribution in [0.15, 0.2) is 0 Å². The first-order valence-corrected chi connectivity index (χ1v) is 16.7. The molecule has 290 valence electrons. The summed E-state index contributed by atoms with van der Waals surface area (Å²) in [6, 6.07) is -2.72. The van der Waals surface area contributed by atoms with Gasteiger partial charge in [0.2, 0.25) is 23.6 Å². The minimum atomic E-state index is -1.60. The zero-order valence-electron chi connectivity index (χ0n) is 30.5. The number of aliphatic hydroxyl groups is 4. The van der Waals surface area contributed by atoms with Gasteiger partial charge >= 0.3 is 6.09 Å². The molecule has 0 bridgehead atoms. The Hall–Kier alpha value is -3.13. The quantitative estimate of drug-likeness (QED) is 0.0637. The summed E-state index contributed by atoms with van der Waals surface area (Å²) in [7, 11) is 0. The summed E-state index contributed by atoms with van der Waals surface area (Å²) in [6.07, 6.45) is -6.18. The molecule has 1 saturated heterocycles. The summed E-state index contributed by atoms with van der Waals surface area (Å²) in [6.45, 7) is 13.3. The standard InChI is InChI=1S/C32H59N5O13/c1-19(40)35-24-26(44)25(43)21(18-39)49-28(24)37-23(42)17-20(36-29(46)50-30(2,3)4)27(45)34-13-16-48-32(7,8)11-15-47-31(5,6)10-9-22(41)33-12-14-38/h20-21,24-26,28,38-39,43-44H,9-18H2,1-8H3,(H,33,41)(H,34,45)(H,35,40)(H,36,46)(H,37,42)/t20-,21?,24?,25?,26?,28?/m0/s1. The second-order valence-electron chi connectivity index (χ2n) is 14.3. The molecule has 18 heteroatoms. The fraction of sp³-hybridized carbons (Fsp3) is 0.844.